The maximum atomic E-state index is 5.32. The molecule has 1 aliphatic heterocycles. The van der Waals surface area contributed by atoms with E-state index in [0.29, 0.717) is 19.7 Å². The number of amidine groups is 1. The van der Waals surface area contributed by atoms with Crippen molar-refractivity contribution in [2.45, 2.75) is 13.3 Å². The van der Waals surface area contributed by atoms with Gasteiger partial charge in [0, 0.05) is 19.5 Å². The van der Waals surface area contributed by atoms with Gasteiger partial charge >= 0.3 is 0 Å². The van der Waals surface area contributed by atoms with E-state index in [0.717, 1.165) is 25.3 Å². The van der Waals surface area contributed by atoms with E-state index in [1.54, 1.807) is 0 Å². The molecule has 88 valence electrons. The van der Waals surface area contributed by atoms with Gasteiger partial charge in [-0.3, -0.25) is 9.83 Å². The van der Waals surface area contributed by atoms with Crippen molar-refractivity contribution in [2.75, 3.05) is 32.8 Å². The summed E-state index contributed by atoms with van der Waals surface area (Å²) in [6.45, 7) is 9.27. The molecule has 0 bridgehead atoms. The first-order chi connectivity index (χ1) is 7.29. The van der Waals surface area contributed by atoms with Crippen molar-refractivity contribution >= 4 is 5.84 Å². The Morgan fingerprint density at radius 2 is 2.20 bits per heavy atom. The normalized spacial score (nSPS) is 14.3. The summed E-state index contributed by atoms with van der Waals surface area (Å²) in [5, 5.41) is 1.85. The van der Waals surface area contributed by atoms with Crippen LogP contribution in [0.3, 0.4) is 0 Å². The highest BCUT2D eigenvalue weighted by molar-refractivity contribution is 5.83. The minimum atomic E-state index is 0.597. The molecular formula is C10H22N4O. The Morgan fingerprint density at radius 3 is 2.67 bits per heavy atom. The highest BCUT2D eigenvalue weighted by Gasteiger charge is 2.14. The van der Waals surface area contributed by atoms with Crippen LogP contribution in [0, 0.1) is 0 Å². The van der Waals surface area contributed by atoms with Gasteiger partial charge < -0.3 is 11.5 Å². The van der Waals surface area contributed by atoms with Crippen molar-refractivity contribution in [1.82, 2.24) is 5.06 Å². The third-order valence-electron chi connectivity index (χ3n) is 1.66. The van der Waals surface area contributed by atoms with E-state index in [-0.39, 0.29) is 0 Å². The van der Waals surface area contributed by atoms with E-state index in [1.165, 1.54) is 0 Å². The summed E-state index contributed by atoms with van der Waals surface area (Å²) < 4.78 is 0. The average Bonchev–Trinajstić information content (AvgIpc) is 2.68. The van der Waals surface area contributed by atoms with Crippen molar-refractivity contribution in [3.05, 3.63) is 12.7 Å². The van der Waals surface area contributed by atoms with Crippen LogP contribution in [0.1, 0.15) is 13.3 Å². The van der Waals surface area contributed by atoms with Gasteiger partial charge in [-0.15, -0.1) is 6.58 Å². The maximum absolute atomic E-state index is 5.32. The van der Waals surface area contributed by atoms with E-state index in [9.17, 15) is 0 Å². The molecule has 1 aliphatic rings. The second-order valence-electron chi connectivity index (χ2n) is 2.89. The summed E-state index contributed by atoms with van der Waals surface area (Å²) in [7, 11) is 0. The Balaban J connectivity index is 0.000000423. The number of nitrogens with two attached hydrogens (primary N) is 2. The van der Waals surface area contributed by atoms with Gasteiger partial charge in [0.2, 0.25) is 0 Å². The first kappa shape index (κ1) is 14.1. The van der Waals surface area contributed by atoms with Gasteiger partial charge in [0.05, 0.1) is 19.7 Å². The molecule has 0 amide bonds. The summed E-state index contributed by atoms with van der Waals surface area (Å²) in [6.07, 6.45) is 2.65. The Kier molecular flexibility index (Phi) is 9.05. The van der Waals surface area contributed by atoms with Crippen LogP contribution in [0.25, 0.3) is 0 Å². The standard InChI is InChI=1S/C8H14N2O.C2H8N2/c1-3-5-8-9-6-7-10(8)11-4-2;3-1-2-4/h3H,1,4-7H2,2H3;1-4H2. The topological polar surface area (TPSA) is 76.9 Å². The summed E-state index contributed by atoms with van der Waals surface area (Å²) in [6, 6.07) is 0. The molecule has 0 spiro atoms. The maximum Gasteiger partial charge on any atom is 0.127 e. The predicted octanol–water partition coefficient (Wildman–Crippen LogP) is 0.132. The highest BCUT2D eigenvalue weighted by atomic mass is 16.7. The van der Waals surface area contributed by atoms with Crippen molar-refractivity contribution in [2.24, 2.45) is 16.5 Å². The van der Waals surface area contributed by atoms with Crippen LogP contribution in [-0.4, -0.2) is 43.7 Å². The predicted molar refractivity (Wildman–Crippen MR) is 63.6 cm³/mol. The molecule has 1 heterocycles. The molecule has 0 aromatic heterocycles. The van der Waals surface area contributed by atoms with Gasteiger partial charge in [-0.25, -0.2) is 5.06 Å². The lowest BCUT2D eigenvalue weighted by Gasteiger charge is -2.17. The number of rotatable bonds is 5. The number of hydrogen-bond acceptors (Lipinski definition) is 5. The zero-order chi connectivity index (χ0) is 11.5. The molecule has 1 rings (SSSR count). The fourth-order valence-corrected chi connectivity index (χ4v) is 1.07. The molecule has 0 atom stereocenters. The van der Waals surface area contributed by atoms with Crippen molar-refractivity contribution in [3.63, 3.8) is 0 Å². The quantitative estimate of drug-likeness (QED) is 0.638. The first-order valence-electron chi connectivity index (χ1n) is 5.24. The zero-order valence-electron chi connectivity index (χ0n) is 9.48. The fourth-order valence-electron chi connectivity index (χ4n) is 1.07. The van der Waals surface area contributed by atoms with Crippen LogP contribution in [0.4, 0.5) is 0 Å². The van der Waals surface area contributed by atoms with E-state index in [4.69, 9.17) is 16.3 Å². The molecule has 0 aromatic rings. The third kappa shape index (κ3) is 6.22. The van der Waals surface area contributed by atoms with Crippen LogP contribution in [0.2, 0.25) is 0 Å². The van der Waals surface area contributed by atoms with Crippen molar-refractivity contribution in [3.8, 4) is 0 Å². The second-order valence-corrected chi connectivity index (χ2v) is 2.89. The van der Waals surface area contributed by atoms with Crippen LogP contribution in [0.15, 0.2) is 17.6 Å². The molecule has 5 nitrogen and oxygen atoms in total. The summed E-state index contributed by atoms with van der Waals surface area (Å²) in [4.78, 5) is 9.59. The van der Waals surface area contributed by atoms with Crippen LogP contribution in [0.5, 0.6) is 0 Å². The Bertz CT molecular complexity index is 192. The largest absolute Gasteiger partial charge is 0.329 e. The average molecular weight is 214 g/mol. The van der Waals surface area contributed by atoms with Crippen LogP contribution in [-0.2, 0) is 4.84 Å². The number of hydrogen-bond donors (Lipinski definition) is 2. The molecule has 0 saturated heterocycles. The van der Waals surface area contributed by atoms with Gasteiger partial charge in [0.1, 0.15) is 5.84 Å². The van der Waals surface area contributed by atoms with Gasteiger partial charge in [0.15, 0.2) is 0 Å². The Hall–Kier alpha value is -0.910. The van der Waals surface area contributed by atoms with Crippen LogP contribution >= 0.6 is 0 Å². The number of nitrogens with zero attached hydrogens (tertiary/aromatic N) is 2. The lowest BCUT2D eigenvalue weighted by atomic mass is 10.4. The molecule has 0 aromatic carbocycles. The molecule has 0 radical (unpaired) electrons. The molecular weight excluding hydrogens is 192 g/mol. The van der Waals surface area contributed by atoms with Gasteiger partial charge in [-0.05, 0) is 6.92 Å². The summed E-state index contributed by atoms with van der Waals surface area (Å²) >= 11 is 0. The lowest BCUT2D eigenvalue weighted by Crippen LogP contribution is -2.27. The molecule has 0 unspecified atom stereocenters. The lowest BCUT2D eigenvalue weighted by molar-refractivity contribution is -0.0858. The van der Waals surface area contributed by atoms with E-state index < -0.39 is 0 Å². The number of hydroxylamine groups is 2. The Morgan fingerprint density at radius 1 is 1.53 bits per heavy atom. The second kappa shape index (κ2) is 9.64. The minimum absolute atomic E-state index is 0.597. The molecule has 0 aliphatic carbocycles. The Labute approximate surface area is 91.7 Å². The number of aliphatic imine (C=N–C) groups is 1. The molecule has 15 heavy (non-hydrogen) atoms. The molecule has 0 fully saturated rings. The zero-order valence-corrected chi connectivity index (χ0v) is 9.48. The van der Waals surface area contributed by atoms with Gasteiger partial charge in [0.25, 0.3) is 0 Å². The monoisotopic (exact) mass is 214 g/mol. The minimum Gasteiger partial charge on any atom is -0.329 e. The van der Waals surface area contributed by atoms with E-state index in [2.05, 4.69) is 11.6 Å². The molecule has 5 heteroatoms. The third-order valence-corrected chi connectivity index (χ3v) is 1.66. The van der Waals surface area contributed by atoms with Crippen molar-refractivity contribution < 1.29 is 4.84 Å². The molecule has 4 N–H and O–H groups in total. The molecule has 0 saturated carbocycles. The smallest absolute Gasteiger partial charge is 0.127 e. The van der Waals surface area contributed by atoms with E-state index in [1.807, 2.05) is 18.1 Å². The highest BCUT2D eigenvalue weighted by Crippen LogP contribution is 2.05. The summed E-state index contributed by atoms with van der Waals surface area (Å²) in [5.74, 6) is 1.00. The van der Waals surface area contributed by atoms with Crippen molar-refractivity contribution in [1.29, 1.82) is 0 Å². The van der Waals surface area contributed by atoms with Crippen LogP contribution < -0.4 is 11.5 Å². The SMILES string of the molecule is C=CCC1=NCCN1OCC.NCCN. The van der Waals surface area contributed by atoms with Gasteiger partial charge in [-0.2, -0.15) is 0 Å². The van der Waals surface area contributed by atoms with E-state index >= 15 is 0 Å². The van der Waals surface area contributed by atoms with Gasteiger partial charge in [-0.1, -0.05) is 6.08 Å². The fraction of sp³-hybridized carbons (Fsp3) is 0.700. The first-order valence-corrected chi connectivity index (χ1v) is 5.24. The summed E-state index contributed by atoms with van der Waals surface area (Å²) in [5.41, 5.74) is 9.81.